The Morgan fingerprint density at radius 1 is 1.36 bits per heavy atom. The van der Waals surface area contributed by atoms with E-state index < -0.39 is 0 Å². The second kappa shape index (κ2) is 3.73. The number of carbonyl (C=O) groups is 1. The Hall–Kier alpha value is -0.830. The molecule has 1 heterocycles. The van der Waals surface area contributed by atoms with Gasteiger partial charge in [-0.25, -0.2) is 0 Å². The van der Waals surface area contributed by atoms with Gasteiger partial charge in [-0.1, -0.05) is 25.3 Å². The normalized spacial score (nSPS) is 20.6. The van der Waals surface area contributed by atoms with Gasteiger partial charge < -0.3 is 5.73 Å². The predicted octanol–water partition coefficient (Wildman–Crippen LogP) is 2.44. The van der Waals surface area contributed by atoms with Gasteiger partial charge in [-0.3, -0.25) is 4.79 Å². The molecule has 0 aromatic carbocycles. The lowest BCUT2D eigenvalue weighted by molar-refractivity contribution is -0.124. The highest BCUT2D eigenvalue weighted by molar-refractivity contribution is 7.10. The number of thiophene rings is 1. The molecule has 1 aliphatic rings. The molecule has 0 bridgehead atoms. The minimum Gasteiger partial charge on any atom is -0.369 e. The Labute approximate surface area is 88.1 Å². The summed E-state index contributed by atoms with van der Waals surface area (Å²) in [5.41, 5.74) is 5.22. The quantitative estimate of drug-likeness (QED) is 0.798. The third-order valence-electron chi connectivity index (χ3n) is 3.17. The van der Waals surface area contributed by atoms with Crippen LogP contribution in [0.1, 0.15) is 37.0 Å². The molecular weight excluding hydrogens is 194 g/mol. The summed E-state index contributed by atoms with van der Waals surface area (Å²) < 4.78 is 0. The van der Waals surface area contributed by atoms with E-state index in [0.717, 1.165) is 30.6 Å². The third-order valence-corrected chi connectivity index (χ3v) is 4.25. The summed E-state index contributed by atoms with van der Waals surface area (Å²) in [6, 6.07) is 4.04. The first-order valence-corrected chi connectivity index (χ1v) is 5.97. The van der Waals surface area contributed by atoms with E-state index in [2.05, 4.69) is 0 Å². The number of hydrogen-bond acceptors (Lipinski definition) is 2. The standard InChI is InChI=1S/C11H15NOS/c12-10(13)11(6-2-1-3-7-11)9-5-4-8-14-9/h4-5,8H,1-3,6-7H2,(H2,12,13). The fraction of sp³-hybridized carbons (Fsp3) is 0.545. The van der Waals surface area contributed by atoms with Crippen molar-refractivity contribution in [1.82, 2.24) is 0 Å². The van der Waals surface area contributed by atoms with Gasteiger partial charge in [-0.05, 0) is 24.3 Å². The average Bonchev–Trinajstić information content (AvgIpc) is 2.72. The van der Waals surface area contributed by atoms with Crippen LogP contribution >= 0.6 is 11.3 Å². The number of rotatable bonds is 2. The van der Waals surface area contributed by atoms with Crippen molar-refractivity contribution >= 4 is 17.2 Å². The van der Waals surface area contributed by atoms with Crippen molar-refractivity contribution in [3.63, 3.8) is 0 Å². The van der Waals surface area contributed by atoms with Crippen LogP contribution in [0.4, 0.5) is 0 Å². The van der Waals surface area contributed by atoms with E-state index in [4.69, 9.17) is 5.73 Å². The summed E-state index contributed by atoms with van der Waals surface area (Å²) in [4.78, 5) is 12.8. The molecule has 0 saturated heterocycles. The Kier molecular flexibility index (Phi) is 2.59. The second-order valence-corrected chi connectivity index (χ2v) is 4.93. The molecule has 1 aromatic rings. The molecule has 14 heavy (non-hydrogen) atoms. The number of amides is 1. The molecule has 0 radical (unpaired) electrons. The van der Waals surface area contributed by atoms with Crippen molar-refractivity contribution in [3.05, 3.63) is 22.4 Å². The first kappa shape index (κ1) is 9.71. The van der Waals surface area contributed by atoms with E-state index in [1.54, 1.807) is 11.3 Å². The summed E-state index contributed by atoms with van der Waals surface area (Å²) in [5.74, 6) is -0.139. The first-order chi connectivity index (χ1) is 6.76. The Morgan fingerprint density at radius 2 is 2.07 bits per heavy atom. The Morgan fingerprint density at radius 3 is 2.57 bits per heavy atom. The molecule has 2 nitrogen and oxygen atoms in total. The van der Waals surface area contributed by atoms with E-state index in [1.165, 1.54) is 6.42 Å². The predicted molar refractivity (Wildman–Crippen MR) is 58.3 cm³/mol. The molecular formula is C11H15NOS. The molecule has 1 amide bonds. The zero-order chi connectivity index (χ0) is 10.0. The first-order valence-electron chi connectivity index (χ1n) is 5.10. The van der Waals surface area contributed by atoms with Crippen molar-refractivity contribution in [1.29, 1.82) is 0 Å². The van der Waals surface area contributed by atoms with E-state index >= 15 is 0 Å². The molecule has 1 aromatic heterocycles. The monoisotopic (exact) mass is 209 g/mol. The highest BCUT2D eigenvalue weighted by atomic mass is 32.1. The van der Waals surface area contributed by atoms with Crippen LogP contribution in [0.25, 0.3) is 0 Å². The summed E-state index contributed by atoms with van der Waals surface area (Å²) in [5, 5.41) is 2.02. The van der Waals surface area contributed by atoms with Crippen molar-refractivity contribution in [2.24, 2.45) is 5.73 Å². The van der Waals surface area contributed by atoms with Crippen LogP contribution in [0.3, 0.4) is 0 Å². The molecule has 2 N–H and O–H groups in total. The maximum atomic E-state index is 11.6. The lowest BCUT2D eigenvalue weighted by Gasteiger charge is -2.33. The van der Waals surface area contributed by atoms with Gasteiger partial charge in [-0.2, -0.15) is 0 Å². The third kappa shape index (κ3) is 1.46. The van der Waals surface area contributed by atoms with Gasteiger partial charge in [-0.15, -0.1) is 11.3 Å². The van der Waals surface area contributed by atoms with Gasteiger partial charge in [0.2, 0.25) is 5.91 Å². The van der Waals surface area contributed by atoms with Crippen LogP contribution in [0, 0.1) is 0 Å². The molecule has 2 rings (SSSR count). The second-order valence-electron chi connectivity index (χ2n) is 3.98. The minimum absolute atomic E-state index is 0.139. The maximum Gasteiger partial charge on any atom is 0.228 e. The number of hydrogen-bond donors (Lipinski definition) is 1. The van der Waals surface area contributed by atoms with Crippen LogP contribution in [0.15, 0.2) is 17.5 Å². The molecule has 1 saturated carbocycles. The summed E-state index contributed by atoms with van der Waals surface area (Å²) in [6.45, 7) is 0. The Bertz CT molecular complexity index is 312. The van der Waals surface area contributed by atoms with Crippen LogP contribution in [0.5, 0.6) is 0 Å². The summed E-state index contributed by atoms with van der Waals surface area (Å²) in [6.07, 6.45) is 5.35. The van der Waals surface area contributed by atoms with E-state index in [0.29, 0.717) is 0 Å². The van der Waals surface area contributed by atoms with E-state index in [1.807, 2.05) is 17.5 Å². The molecule has 0 spiro atoms. The molecule has 0 aliphatic heterocycles. The lowest BCUT2D eigenvalue weighted by atomic mass is 9.72. The zero-order valence-corrected chi connectivity index (χ0v) is 8.98. The van der Waals surface area contributed by atoms with Crippen LogP contribution in [0.2, 0.25) is 0 Å². The van der Waals surface area contributed by atoms with Crippen LogP contribution in [-0.4, -0.2) is 5.91 Å². The lowest BCUT2D eigenvalue weighted by Crippen LogP contribution is -2.42. The molecule has 1 aliphatic carbocycles. The number of carbonyl (C=O) groups excluding carboxylic acids is 1. The molecule has 0 unspecified atom stereocenters. The van der Waals surface area contributed by atoms with Gasteiger partial charge in [0.25, 0.3) is 0 Å². The van der Waals surface area contributed by atoms with Crippen LogP contribution < -0.4 is 5.73 Å². The fourth-order valence-electron chi connectivity index (χ4n) is 2.32. The van der Waals surface area contributed by atoms with Crippen molar-refractivity contribution in [2.45, 2.75) is 37.5 Å². The maximum absolute atomic E-state index is 11.6. The van der Waals surface area contributed by atoms with Gasteiger partial charge in [0.05, 0.1) is 5.41 Å². The highest BCUT2D eigenvalue weighted by Gasteiger charge is 2.40. The molecule has 1 fully saturated rings. The summed E-state index contributed by atoms with van der Waals surface area (Å²) >= 11 is 1.66. The SMILES string of the molecule is NC(=O)C1(c2cccs2)CCCCC1. The number of primary amides is 1. The summed E-state index contributed by atoms with van der Waals surface area (Å²) in [7, 11) is 0. The van der Waals surface area contributed by atoms with Gasteiger partial charge in [0.1, 0.15) is 0 Å². The van der Waals surface area contributed by atoms with Crippen molar-refractivity contribution in [3.8, 4) is 0 Å². The van der Waals surface area contributed by atoms with Gasteiger partial charge in [0, 0.05) is 4.88 Å². The van der Waals surface area contributed by atoms with E-state index in [9.17, 15) is 4.79 Å². The Balaban J connectivity index is 2.35. The minimum atomic E-state index is -0.341. The van der Waals surface area contributed by atoms with Crippen molar-refractivity contribution in [2.75, 3.05) is 0 Å². The van der Waals surface area contributed by atoms with Gasteiger partial charge >= 0.3 is 0 Å². The number of nitrogens with two attached hydrogens (primary N) is 1. The molecule has 76 valence electrons. The topological polar surface area (TPSA) is 43.1 Å². The van der Waals surface area contributed by atoms with Crippen molar-refractivity contribution < 1.29 is 4.79 Å². The fourth-order valence-corrected chi connectivity index (χ4v) is 3.31. The smallest absolute Gasteiger partial charge is 0.228 e. The largest absolute Gasteiger partial charge is 0.369 e. The highest BCUT2D eigenvalue weighted by Crippen LogP contribution is 2.41. The average molecular weight is 209 g/mol. The van der Waals surface area contributed by atoms with Crippen LogP contribution in [-0.2, 0) is 10.2 Å². The molecule has 0 atom stereocenters. The zero-order valence-electron chi connectivity index (χ0n) is 8.16. The molecule has 3 heteroatoms. The van der Waals surface area contributed by atoms with E-state index in [-0.39, 0.29) is 11.3 Å². The van der Waals surface area contributed by atoms with Gasteiger partial charge in [0.15, 0.2) is 0 Å².